The number of ether oxygens (including phenoxy) is 1. The van der Waals surface area contributed by atoms with Gasteiger partial charge >= 0.3 is 0 Å². The van der Waals surface area contributed by atoms with Crippen molar-refractivity contribution in [2.24, 2.45) is 0 Å². The number of carbonyl (C=O) groups excluding carboxylic acids is 1. The largest absolute Gasteiger partial charge is 0.365 e. The molecular weight excluding hydrogens is 166 g/mol. The Bertz CT molecular complexity index is 148. The average molecular weight is 187 g/mol. The van der Waals surface area contributed by atoms with Gasteiger partial charge < -0.3 is 10.1 Å². The van der Waals surface area contributed by atoms with E-state index in [1.807, 2.05) is 27.7 Å². The van der Waals surface area contributed by atoms with Gasteiger partial charge in [-0.3, -0.25) is 4.79 Å². The van der Waals surface area contributed by atoms with Crippen molar-refractivity contribution in [3.8, 4) is 0 Å². The van der Waals surface area contributed by atoms with Crippen molar-refractivity contribution in [3.63, 3.8) is 0 Å². The highest BCUT2D eigenvalue weighted by Crippen LogP contribution is 2.18. The van der Waals surface area contributed by atoms with Gasteiger partial charge in [-0.1, -0.05) is 13.8 Å². The van der Waals surface area contributed by atoms with Crippen molar-refractivity contribution >= 4 is 5.91 Å². The molecule has 1 heterocycles. The fourth-order valence-electron chi connectivity index (χ4n) is 1.28. The first-order chi connectivity index (χ1) is 6.24. The number of amides is 1. The van der Waals surface area contributed by atoms with Crippen molar-refractivity contribution in [1.82, 2.24) is 5.32 Å². The summed E-state index contributed by atoms with van der Waals surface area (Å²) in [6, 6.07) is 0. The van der Waals surface area contributed by atoms with Gasteiger partial charge in [0.15, 0.2) is 0 Å². The Balaban J connectivity index is 0.000000671. The van der Waals surface area contributed by atoms with E-state index in [1.54, 1.807) is 0 Å². The van der Waals surface area contributed by atoms with Gasteiger partial charge in [-0.2, -0.15) is 0 Å². The van der Waals surface area contributed by atoms with Crippen LogP contribution < -0.4 is 5.32 Å². The van der Waals surface area contributed by atoms with Gasteiger partial charge in [0, 0.05) is 6.54 Å². The van der Waals surface area contributed by atoms with Crippen LogP contribution in [0.25, 0.3) is 0 Å². The van der Waals surface area contributed by atoms with Crippen molar-refractivity contribution in [1.29, 1.82) is 0 Å². The van der Waals surface area contributed by atoms with Crippen LogP contribution in [0.15, 0.2) is 0 Å². The van der Waals surface area contributed by atoms with Crippen molar-refractivity contribution in [2.75, 3.05) is 6.54 Å². The van der Waals surface area contributed by atoms with Crippen LogP contribution in [0, 0.1) is 0 Å². The molecule has 2 unspecified atom stereocenters. The molecular formula is C10H21NO2. The van der Waals surface area contributed by atoms with E-state index in [0.29, 0.717) is 6.54 Å². The third-order valence-electron chi connectivity index (χ3n) is 1.88. The zero-order valence-electron chi connectivity index (χ0n) is 9.09. The van der Waals surface area contributed by atoms with E-state index >= 15 is 0 Å². The van der Waals surface area contributed by atoms with Gasteiger partial charge in [0.25, 0.3) is 0 Å². The highest BCUT2D eigenvalue weighted by molar-refractivity contribution is 5.80. The molecule has 0 saturated carbocycles. The highest BCUT2D eigenvalue weighted by atomic mass is 16.5. The fourth-order valence-corrected chi connectivity index (χ4v) is 1.28. The normalized spacial score (nSPS) is 26.2. The molecule has 78 valence electrons. The van der Waals surface area contributed by atoms with Gasteiger partial charge in [0.1, 0.15) is 6.10 Å². The van der Waals surface area contributed by atoms with Crippen molar-refractivity contribution in [2.45, 2.75) is 52.7 Å². The van der Waals surface area contributed by atoms with Gasteiger partial charge in [0.05, 0.1) is 6.10 Å². The van der Waals surface area contributed by atoms with Crippen LogP contribution in [-0.4, -0.2) is 24.7 Å². The molecule has 1 N–H and O–H groups in total. The minimum Gasteiger partial charge on any atom is -0.365 e. The summed E-state index contributed by atoms with van der Waals surface area (Å²) < 4.78 is 5.36. The molecule has 0 bridgehead atoms. The number of hydrogen-bond donors (Lipinski definition) is 1. The van der Waals surface area contributed by atoms with E-state index in [2.05, 4.69) is 5.32 Å². The third kappa shape index (κ3) is 4.27. The summed E-state index contributed by atoms with van der Waals surface area (Å²) in [6.45, 7) is 8.60. The molecule has 1 fully saturated rings. The highest BCUT2D eigenvalue weighted by Gasteiger charge is 2.27. The Morgan fingerprint density at radius 3 is 2.46 bits per heavy atom. The first-order valence-electron chi connectivity index (χ1n) is 5.17. The minimum atomic E-state index is -0.190. The molecule has 0 aromatic heterocycles. The van der Waals surface area contributed by atoms with Crippen LogP contribution in [0.3, 0.4) is 0 Å². The lowest BCUT2D eigenvalue weighted by Crippen LogP contribution is -2.34. The van der Waals surface area contributed by atoms with Crippen LogP contribution in [0.4, 0.5) is 0 Å². The van der Waals surface area contributed by atoms with Crippen LogP contribution in [-0.2, 0) is 9.53 Å². The molecule has 13 heavy (non-hydrogen) atoms. The summed E-state index contributed by atoms with van der Waals surface area (Å²) in [4.78, 5) is 11.2. The third-order valence-corrected chi connectivity index (χ3v) is 1.88. The number of likely N-dealkylation sites (N-methyl/N-ethyl adjacent to an activating group) is 1. The number of hydrogen-bond acceptors (Lipinski definition) is 2. The van der Waals surface area contributed by atoms with Crippen LogP contribution in [0.2, 0.25) is 0 Å². The van der Waals surface area contributed by atoms with E-state index in [0.717, 1.165) is 12.8 Å². The molecule has 3 nitrogen and oxygen atoms in total. The maximum atomic E-state index is 11.2. The maximum absolute atomic E-state index is 11.2. The number of carbonyl (C=O) groups is 1. The zero-order valence-corrected chi connectivity index (χ0v) is 9.09. The zero-order chi connectivity index (χ0) is 10.3. The van der Waals surface area contributed by atoms with E-state index < -0.39 is 0 Å². The SMILES string of the molecule is CC.CCNC(=O)C1CCC(C)O1. The first-order valence-corrected chi connectivity index (χ1v) is 5.17. The molecule has 0 aliphatic carbocycles. The smallest absolute Gasteiger partial charge is 0.249 e. The van der Waals surface area contributed by atoms with E-state index in [1.165, 1.54) is 0 Å². The van der Waals surface area contributed by atoms with E-state index in [4.69, 9.17) is 4.74 Å². The molecule has 2 atom stereocenters. The molecule has 1 amide bonds. The first kappa shape index (κ1) is 12.4. The second kappa shape index (κ2) is 6.89. The van der Waals surface area contributed by atoms with Gasteiger partial charge in [0.2, 0.25) is 5.91 Å². The monoisotopic (exact) mass is 187 g/mol. The standard InChI is InChI=1S/C8H15NO2.C2H6/c1-3-9-8(10)7-5-4-6(2)11-7;1-2/h6-7H,3-5H2,1-2H3,(H,9,10);1-2H3. The van der Waals surface area contributed by atoms with E-state index in [-0.39, 0.29) is 18.1 Å². The summed E-state index contributed by atoms with van der Waals surface area (Å²) in [7, 11) is 0. The van der Waals surface area contributed by atoms with E-state index in [9.17, 15) is 4.79 Å². The van der Waals surface area contributed by atoms with Crippen LogP contribution in [0.1, 0.15) is 40.5 Å². The number of nitrogens with one attached hydrogen (secondary N) is 1. The Kier molecular flexibility index (Phi) is 6.59. The molecule has 0 aromatic rings. The maximum Gasteiger partial charge on any atom is 0.249 e. The lowest BCUT2D eigenvalue weighted by atomic mass is 10.2. The summed E-state index contributed by atoms with van der Waals surface area (Å²) in [5, 5.41) is 2.74. The molecule has 3 heteroatoms. The quantitative estimate of drug-likeness (QED) is 0.714. The summed E-state index contributed by atoms with van der Waals surface area (Å²) in [5.74, 6) is 0.0388. The molecule has 0 aromatic carbocycles. The lowest BCUT2D eigenvalue weighted by molar-refractivity contribution is -0.131. The van der Waals surface area contributed by atoms with Crippen molar-refractivity contribution < 1.29 is 9.53 Å². The summed E-state index contributed by atoms with van der Waals surface area (Å²) >= 11 is 0. The predicted molar refractivity (Wildman–Crippen MR) is 53.6 cm³/mol. The van der Waals surface area contributed by atoms with Gasteiger partial charge in [-0.25, -0.2) is 0 Å². The fraction of sp³-hybridized carbons (Fsp3) is 0.900. The molecule has 0 spiro atoms. The topological polar surface area (TPSA) is 38.3 Å². The Morgan fingerprint density at radius 1 is 1.46 bits per heavy atom. The van der Waals surface area contributed by atoms with Crippen LogP contribution >= 0.6 is 0 Å². The lowest BCUT2D eigenvalue weighted by Gasteiger charge is -2.09. The van der Waals surface area contributed by atoms with Gasteiger partial charge in [-0.15, -0.1) is 0 Å². The molecule has 1 aliphatic heterocycles. The Morgan fingerprint density at radius 2 is 2.08 bits per heavy atom. The molecule has 1 aliphatic rings. The predicted octanol–water partition coefficient (Wildman–Crippen LogP) is 1.72. The Hall–Kier alpha value is -0.570. The second-order valence-corrected chi connectivity index (χ2v) is 2.91. The Labute approximate surface area is 80.8 Å². The molecule has 0 radical (unpaired) electrons. The second-order valence-electron chi connectivity index (χ2n) is 2.91. The number of rotatable bonds is 2. The van der Waals surface area contributed by atoms with Crippen molar-refractivity contribution in [3.05, 3.63) is 0 Å². The van der Waals surface area contributed by atoms with Crippen LogP contribution in [0.5, 0.6) is 0 Å². The average Bonchev–Trinajstić information content (AvgIpc) is 2.56. The van der Waals surface area contributed by atoms with Gasteiger partial charge in [-0.05, 0) is 26.7 Å². The summed E-state index contributed by atoms with van der Waals surface area (Å²) in [6.07, 6.45) is 1.93. The summed E-state index contributed by atoms with van der Waals surface area (Å²) in [5.41, 5.74) is 0. The minimum absolute atomic E-state index is 0.0388. The molecule has 1 rings (SSSR count). The molecule has 1 saturated heterocycles.